The number of rotatable bonds is 7. The zero-order chi connectivity index (χ0) is 24.6. The minimum atomic E-state index is -0.0846. The SMILES string of the molecule is CN(C(=O)C1CC1c1ccccc1)C1CC(c2cc(NC(=O)Cc3cccc4ccccc34)n[nH]2)C1. The van der Waals surface area contributed by atoms with Crippen molar-refractivity contribution in [3.05, 3.63) is 95.7 Å². The smallest absolute Gasteiger partial charge is 0.230 e. The van der Waals surface area contributed by atoms with Crippen LogP contribution in [0.3, 0.4) is 0 Å². The molecule has 6 rings (SSSR count). The minimum Gasteiger partial charge on any atom is -0.342 e. The first-order chi connectivity index (χ1) is 17.6. The number of nitrogens with zero attached hydrogens (tertiary/aromatic N) is 2. The summed E-state index contributed by atoms with van der Waals surface area (Å²) in [7, 11) is 1.94. The Morgan fingerprint density at radius 3 is 2.56 bits per heavy atom. The second kappa shape index (κ2) is 9.26. The number of aromatic amines is 1. The van der Waals surface area contributed by atoms with Crippen LogP contribution < -0.4 is 5.32 Å². The Labute approximate surface area is 210 Å². The molecule has 2 fully saturated rings. The molecule has 2 aliphatic carbocycles. The lowest BCUT2D eigenvalue weighted by Crippen LogP contribution is -2.45. The fourth-order valence-electron chi connectivity index (χ4n) is 5.55. The van der Waals surface area contributed by atoms with E-state index in [1.807, 2.05) is 66.5 Å². The van der Waals surface area contributed by atoms with Gasteiger partial charge in [-0.3, -0.25) is 14.7 Å². The lowest BCUT2D eigenvalue weighted by Gasteiger charge is -2.41. The van der Waals surface area contributed by atoms with Gasteiger partial charge in [-0.2, -0.15) is 5.10 Å². The number of hydrogen-bond acceptors (Lipinski definition) is 3. The number of nitrogens with one attached hydrogen (secondary N) is 2. The van der Waals surface area contributed by atoms with Gasteiger partial charge in [-0.05, 0) is 47.1 Å². The molecule has 6 heteroatoms. The van der Waals surface area contributed by atoms with Crippen LogP contribution in [0.2, 0.25) is 0 Å². The number of amides is 2. The average molecular weight is 479 g/mol. The molecule has 1 aromatic heterocycles. The maximum atomic E-state index is 13.0. The Balaban J connectivity index is 1.01. The van der Waals surface area contributed by atoms with Crippen molar-refractivity contribution < 1.29 is 9.59 Å². The van der Waals surface area contributed by atoms with Crippen LogP contribution in [0.1, 0.15) is 47.9 Å². The number of H-pyrrole nitrogens is 1. The van der Waals surface area contributed by atoms with Crippen molar-refractivity contribution >= 4 is 28.4 Å². The second-order valence-electron chi connectivity index (χ2n) is 10.2. The highest BCUT2D eigenvalue weighted by Crippen LogP contribution is 2.49. The van der Waals surface area contributed by atoms with E-state index in [4.69, 9.17) is 0 Å². The van der Waals surface area contributed by atoms with E-state index in [0.717, 1.165) is 41.3 Å². The second-order valence-corrected chi connectivity index (χ2v) is 10.2. The third kappa shape index (κ3) is 4.39. The minimum absolute atomic E-state index is 0.0846. The summed E-state index contributed by atoms with van der Waals surface area (Å²) in [4.78, 5) is 27.6. The summed E-state index contributed by atoms with van der Waals surface area (Å²) < 4.78 is 0. The predicted molar refractivity (Wildman–Crippen MR) is 141 cm³/mol. The monoisotopic (exact) mass is 478 g/mol. The zero-order valence-corrected chi connectivity index (χ0v) is 20.4. The highest BCUT2D eigenvalue weighted by atomic mass is 16.2. The standard InChI is InChI=1S/C30H30N4O2/c1-34(30(36)26-17-25(26)20-8-3-2-4-9-20)23-14-22(15-23)27-18-28(33-32-27)31-29(35)16-21-12-7-11-19-10-5-6-13-24(19)21/h2-13,18,22-23,25-26H,14-17H2,1H3,(H2,31,32,33,35). The lowest BCUT2D eigenvalue weighted by atomic mass is 9.77. The van der Waals surface area contributed by atoms with Gasteiger partial charge < -0.3 is 10.2 Å². The summed E-state index contributed by atoms with van der Waals surface area (Å²) >= 11 is 0. The van der Waals surface area contributed by atoms with E-state index < -0.39 is 0 Å². The van der Waals surface area contributed by atoms with Crippen molar-refractivity contribution in [3.63, 3.8) is 0 Å². The van der Waals surface area contributed by atoms with Gasteiger partial charge in [-0.25, -0.2) is 0 Å². The Morgan fingerprint density at radius 2 is 1.72 bits per heavy atom. The van der Waals surface area contributed by atoms with Gasteiger partial charge >= 0.3 is 0 Å². The lowest BCUT2D eigenvalue weighted by molar-refractivity contribution is -0.135. The topological polar surface area (TPSA) is 78.1 Å². The molecule has 0 aliphatic heterocycles. The summed E-state index contributed by atoms with van der Waals surface area (Å²) in [5.41, 5.74) is 3.28. The van der Waals surface area contributed by atoms with Crippen molar-refractivity contribution in [2.24, 2.45) is 5.92 Å². The normalized spacial score (nSPS) is 22.6. The largest absolute Gasteiger partial charge is 0.342 e. The summed E-state index contributed by atoms with van der Waals surface area (Å²) in [6.07, 6.45) is 3.08. The van der Waals surface area contributed by atoms with Gasteiger partial charge in [0.1, 0.15) is 0 Å². The number of benzene rings is 3. The summed E-state index contributed by atoms with van der Waals surface area (Å²) in [6.45, 7) is 0. The average Bonchev–Trinajstić information content (AvgIpc) is 3.55. The Kier molecular flexibility index (Phi) is 5.80. The van der Waals surface area contributed by atoms with Gasteiger partial charge in [0.2, 0.25) is 11.8 Å². The van der Waals surface area contributed by atoms with Gasteiger partial charge in [0.15, 0.2) is 5.82 Å². The molecule has 36 heavy (non-hydrogen) atoms. The number of aromatic nitrogens is 2. The number of hydrogen-bond donors (Lipinski definition) is 2. The van der Waals surface area contributed by atoms with Crippen molar-refractivity contribution in [3.8, 4) is 0 Å². The van der Waals surface area contributed by atoms with Gasteiger partial charge in [0.25, 0.3) is 0 Å². The van der Waals surface area contributed by atoms with Crippen LogP contribution in [0.15, 0.2) is 78.9 Å². The van der Waals surface area contributed by atoms with Crippen LogP contribution in [0.5, 0.6) is 0 Å². The highest BCUT2D eigenvalue weighted by molar-refractivity contribution is 5.95. The fraction of sp³-hybridized carbons (Fsp3) is 0.300. The van der Waals surface area contributed by atoms with E-state index in [2.05, 4.69) is 39.8 Å². The Bertz CT molecular complexity index is 1400. The molecule has 3 aromatic carbocycles. The van der Waals surface area contributed by atoms with Crippen LogP contribution in [0, 0.1) is 5.92 Å². The van der Waals surface area contributed by atoms with Crippen LogP contribution in [-0.2, 0) is 16.0 Å². The molecule has 2 unspecified atom stereocenters. The van der Waals surface area contributed by atoms with Crippen LogP contribution in [0.25, 0.3) is 10.8 Å². The van der Waals surface area contributed by atoms with E-state index in [1.54, 1.807) is 0 Å². The van der Waals surface area contributed by atoms with E-state index in [-0.39, 0.29) is 23.8 Å². The van der Waals surface area contributed by atoms with Crippen molar-refractivity contribution in [2.45, 2.75) is 43.6 Å². The van der Waals surface area contributed by atoms with Gasteiger partial charge in [0.05, 0.1) is 6.42 Å². The third-order valence-electron chi connectivity index (χ3n) is 7.88. The number of carbonyl (C=O) groups is 2. The quantitative estimate of drug-likeness (QED) is 0.381. The van der Waals surface area contributed by atoms with Crippen LogP contribution in [0.4, 0.5) is 5.82 Å². The van der Waals surface area contributed by atoms with Crippen molar-refractivity contribution in [1.29, 1.82) is 0 Å². The molecule has 2 saturated carbocycles. The third-order valence-corrected chi connectivity index (χ3v) is 7.88. The van der Waals surface area contributed by atoms with E-state index in [9.17, 15) is 9.59 Å². The maximum Gasteiger partial charge on any atom is 0.230 e. The molecule has 2 aliphatic rings. The fourth-order valence-corrected chi connectivity index (χ4v) is 5.55. The molecular weight excluding hydrogens is 448 g/mol. The van der Waals surface area contributed by atoms with E-state index in [0.29, 0.717) is 24.1 Å². The van der Waals surface area contributed by atoms with E-state index in [1.165, 1.54) is 5.56 Å². The number of carbonyl (C=O) groups excluding carboxylic acids is 2. The van der Waals surface area contributed by atoms with Gasteiger partial charge in [-0.1, -0.05) is 72.8 Å². The first kappa shape index (κ1) is 22.5. The molecule has 2 atom stereocenters. The highest BCUT2D eigenvalue weighted by Gasteiger charge is 2.47. The molecule has 4 aromatic rings. The number of anilines is 1. The molecule has 182 valence electrons. The molecule has 0 bridgehead atoms. The molecule has 6 nitrogen and oxygen atoms in total. The molecule has 0 radical (unpaired) electrons. The van der Waals surface area contributed by atoms with Crippen LogP contribution in [-0.4, -0.2) is 40.0 Å². The van der Waals surface area contributed by atoms with E-state index >= 15 is 0 Å². The molecule has 1 heterocycles. The molecule has 2 amide bonds. The molecular formula is C30H30N4O2. The number of fused-ring (bicyclic) bond motifs is 1. The predicted octanol–water partition coefficient (Wildman–Crippen LogP) is 5.25. The maximum absolute atomic E-state index is 13.0. The summed E-state index contributed by atoms with van der Waals surface area (Å²) in [5, 5.41) is 12.6. The summed E-state index contributed by atoms with van der Waals surface area (Å²) in [5.74, 6) is 1.53. The van der Waals surface area contributed by atoms with Gasteiger partial charge in [0, 0.05) is 36.7 Å². The first-order valence-electron chi connectivity index (χ1n) is 12.7. The molecule has 2 N–H and O–H groups in total. The van der Waals surface area contributed by atoms with Crippen LogP contribution >= 0.6 is 0 Å². The summed E-state index contributed by atoms with van der Waals surface area (Å²) in [6, 6.07) is 26.7. The molecule has 0 saturated heterocycles. The Morgan fingerprint density at radius 1 is 0.972 bits per heavy atom. The Hall–Kier alpha value is -3.93. The van der Waals surface area contributed by atoms with Gasteiger partial charge in [-0.15, -0.1) is 0 Å². The van der Waals surface area contributed by atoms with Crippen molar-refractivity contribution in [1.82, 2.24) is 15.1 Å². The molecule has 0 spiro atoms. The van der Waals surface area contributed by atoms with Crippen molar-refractivity contribution in [2.75, 3.05) is 12.4 Å². The first-order valence-corrected chi connectivity index (χ1v) is 12.7. The zero-order valence-electron chi connectivity index (χ0n) is 20.4.